The van der Waals surface area contributed by atoms with E-state index in [1.165, 1.54) is 13.2 Å². The second-order valence-electron chi connectivity index (χ2n) is 6.70. The topological polar surface area (TPSA) is 35.5 Å². The lowest BCUT2D eigenvalue weighted by molar-refractivity contribution is -0.137. The number of esters is 1. The number of hydrogen-bond acceptors (Lipinski definition) is 3. The third-order valence-corrected chi connectivity index (χ3v) is 4.73. The van der Waals surface area contributed by atoms with Crippen molar-refractivity contribution in [3.05, 3.63) is 89.5 Å². The zero-order valence-electron chi connectivity index (χ0n) is 16.6. The second kappa shape index (κ2) is 9.03. The lowest BCUT2D eigenvalue weighted by atomic mass is 9.95. The quantitative estimate of drug-likeness (QED) is 0.422. The second-order valence-corrected chi connectivity index (χ2v) is 6.70. The van der Waals surface area contributed by atoms with Crippen LogP contribution in [0.2, 0.25) is 0 Å². The minimum absolute atomic E-state index is 0.129. The molecule has 0 saturated heterocycles. The van der Waals surface area contributed by atoms with E-state index in [0.29, 0.717) is 28.9 Å². The van der Waals surface area contributed by atoms with Gasteiger partial charge in [-0.15, -0.1) is 0 Å². The van der Waals surface area contributed by atoms with Crippen molar-refractivity contribution in [2.75, 3.05) is 7.11 Å². The van der Waals surface area contributed by atoms with E-state index in [1.54, 1.807) is 60.7 Å². The number of rotatable bonds is 6. The molecule has 30 heavy (non-hydrogen) atoms. The highest BCUT2D eigenvalue weighted by Crippen LogP contribution is 2.39. The number of benzene rings is 3. The van der Waals surface area contributed by atoms with Crippen LogP contribution in [-0.2, 0) is 10.9 Å². The highest BCUT2D eigenvalue weighted by Gasteiger charge is 2.34. The summed E-state index contributed by atoms with van der Waals surface area (Å²) < 4.78 is 51.9. The van der Waals surface area contributed by atoms with Crippen molar-refractivity contribution < 1.29 is 27.4 Å². The van der Waals surface area contributed by atoms with Crippen molar-refractivity contribution >= 4 is 5.97 Å². The van der Waals surface area contributed by atoms with Gasteiger partial charge in [0.2, 0.25) is 0 Å². The fourth-order valence-electron chi connectivity index (χ4n) is 3.20. The van der Waals surface area contributed by atoms with Crippen LogP contribution < -0.4 is 4.74 Å². The summed E-state index contributed by atoms with van der Waals surface area (Å²) >= 11 is 0. The van der Waals surface area contributed by atoms with Gasteiger partial charge in [0.15, 0.2) is 0 Å². The van der Waals surface area contributed by atoms with Crippen LogP contribution in [0.25, 0.3) is 11.1 Å². The van der Waals surface area contributed by atoms with Crippen molar-refractivity contribution in [2.24, 2.45) is 0 Å². The first-order valence-electron chi connectivity index (χ1n) is 9.45. The Morgan fingerprint density at radius 3 is 2.20 bits per heavy atom. The Morgan fingerprint density at radius 1 is 0.967 bits per heavy atom. The summed E-state index contributed by atoms with van der Waals surface area (Å²) in [6, 6.07) is 19.1. The molecule has 0 aliphatic rings. The van der Waals surface area contributed by atoms with Gasteiger partial charge in [0, 0.05) is 0 Å². The van der Waals surface area contributed by atoms with E-state index in [4.69, 9.17) is 4.74 Å². The zero-order chi connectivity index (χ0) is 21.7. The average molecular weight is 414 g/mol. The molecular formula is C24H21F3O3. The molecule has 0 fully saturated rings. The molecule has 6 heteroatoms. The Labute approximate surface area is 173 Å². The highest BCUT2D eigenvalue weighted by molar-refractivity contribution is 5.89. The first-order valence-corrected chi connectivity index (χ1v) is 9.45. The summed E-state index contributed by atoms with van der Waals surface area (Å²) in [6.07, 6.45) is -4.59. The van der Waals surface area contributed by atoms with Gasteiger partial charge in [0.25, 0.3) is 0 Å². The summed E-state index contributed by atoms with van der Waals surface area (Å²) in [4.78, 5) is 11.5. The van der Waals surface area contributed by atoms with Crippen molar-refractivity contribution in [1.82, 2.24) is 0 Å². The zero-order valence-corrected chi connectivity index (χ0v) is 16.6. The predicted octanol–water partition coefficient (Wildman–Crippen LogP) is 6.69. The van der Waals surface area contributed by atoms with E-state index in [9.17, 15) is 18.0 Å². The molecule has 0 amide bonds. The van der Waals surface area contributed by atoms with Gasteiger partial charge in [-0.05, 0) is 53.4 Å². The number of carbonyl (C=O) groups excluding carboxylic acids is 1. The third kappa shape index (κ3) is 4.82. The molecule has 0 N–H and O–H groups in total. The highest BCUT2D eigenvalue weighted by atomic mass is 19.4. The number of alkyl halides is 3. The Bertz CT molecular complexity index is 996. The number of methoxy groups -OCH3 is 1. The molecule has 0 bridgehead atoms. The Kier molecular flexibility index (Phi) is 6.45. The molecule has 3 nitrogen and oxygen atoms in total. The van der Waals surface area contributed by atoms with Crippen molar-refractivity contribution in [3.63, 3.8) is 0 Å². The summed E-state index contributed by atoms with van der Waals surface area (Å²) in [7, 11) is 1.29. The van der Waals surface area contributed by atoms with E-state index in [2.05, 4.69) is 4.74 Å². The van der Waals surface area contributed by atoms with Crippen LogP contribution in [0.5, 0.6) is 5.75 Å². The van der Waals surface area contributed by atoms with Crippen LogP contribution in [0.1, 0.15) is 40.9 Å². The van der Waals surface area contributed by atoms with Gasteiger partial charge in [-0.25, -0.2) is 4.79 Å². The number of hydrogen-bond donors (Lipinski definition) is 0. The molecule has 0 aromatic heterocycles. The van der Waals surface area contributed by atoms with Gasteiger partial charge in [-0.3, -0.25) is 0 Å². The first kappa shape index (κ1) is 21.4. The molecule has 156 valence electrons. The van der Waals surface area contributed by atoms with Gasteiger partial charge in [0.1, 0.15) is 11.9 Å². The van der Waals surface area contributed by atoms with Crippen molar-refractivity contribution in [1.29, 1.82) is 0 Å². The van der Waals surface area contributed by atoms with Crippen LogP contribution in [0.3, 0.4) is 0 Å². The Morgan fingerprint density at radius 2 is 1.63 bits per heavy atom. The summed E-state index contributed by atoms with van der Waals surface area (Å²) in [5.41, 5.74) is 0.730. The average Bonchev–Trinajstić information content (AvgIpc) is 2.77. The normalized spacial score (nSPS) is 12.3. The summed E-state index contributed by atoms with van der Waals surface area (Å²) in [6.45, 7) is 1.84. The number of halogens is 3. The monoisotopic (exact) mass is 414 g/mol. The molecule has 0 radical (unpaired) electrons. The fraction of sp³-hybridized carbons (Fsp3) is 0.208. The summed E-state index contributed by atoms with van der Waals surface area (Å²) in [5, 5.41) is 0. The maximum absolute atomic E-state index is 13.8. The number of carbonyl (C=O) groups is 1. The van der Waals surface area contributed by atoms with Crippen molar-refractivity contribution in [3.8, 4) is 16.9 Å². The first-order chi connectivity index (χ1) is 14.3. The fourth-order valence-corrected chi connectivity index (χ4v) is 3.20. The SMILES string of the molecule is CCC(Oc1ccc(C(=O)OC)cc1)c1ccc(-c2ccccc2)c(C(F)(F)F)c1. The van der Waals surface area contributed by atoms with Crippen LogP contribution >= 0.6 is 0 Å². The Balaban J connectivity index is 1.92. The smallest absolute Gasteiger partial charge is 0.417 e. The minimum atomic E-state index is -4.50. The molecular weight excluding hydrogens is 393 g/mol. The lowest BCUT2D eigenvalue weighted by Crippen LogP contribution is -2.12. The molecule has 1 unspecified atom stereocenters. The van der Waals surface area contributed by atoms with Gasteiger partial charge in [-0.1, -0.05) is 49.4 Å². The predicted molar refractivity (Wildman–Crippen MR) is 108 cm³/mol. The summed E-state index contributed by atoms with van der Waals surface area (Å²) in [5.74, 6) is -0.0184. The molecule has 0 saturated carbocycles. The van der Waals surface area contributed by atoms with E-state index in [0.717, 1.165) is 6.07 Å². The van der Waals surface area contributed by atoms with E-state index in [-0.39, 0.29) is 5.56 Å². The van der Waals surface area contributed by atoms with Crippen LogP contribution in [0, 0.1) is 0 Å². The van der Waals surface area contributed by atoms with Crippen LogP contribution in [-0.4, -0.2) is 13.1 Å². The van der Waals surface area contributed by atoms with E-state index in [1.807, 2.05) is 6.92 Å². The lowest BCUT2D eigenvalue weighted by Gasteiger charge is -2.21. The van der Waals surface area contributed by atoms with Gasteiger partial charge < -0.3 is 9.47 Å². The minimum Gasteiger partial charge on any atom is -0.486 e. The third-order valence-electron chi connectivity index (χ3n) is 4.73. The molecule has 1 atom stereocenters. The van der Waals surface area contributed by atoms with Gasteiger partial charge in [-0.2, -0.15) is 13.2 Å². The molecule has 0 heterocycles. The maximum Gasteiger partial charge on any atom is 0.417 e. The van der Waals surface area contributed by atoms with Crippen LogP contribution in [0.4, 0.5) is 13.2 Å². The van der Waals surface area contributed by atoms with Gasteiger partial charge >= 0.3 is 12.1 Å². The standard InChI is InChI=1S/C24H21F3O3/c1-3-22(30-19-12-9-17(10-13-19)23(28)29-2)18-11-14-20(16-7-5-4-6-8-16)21(15-18)24(25,26)27/h4-15,22H,3H2,1-2H3. The molecule has 0 aliphatic carbocycles. The van der Waals surface area contributed by atoms with Crippen molar-refractivity contribution in [2.45, 2.75) is 25.6 Å². The van der Waals surface area contributed by atoms with Crippen LogP contribution in [0.15, 0.2) is 72.8 Å². The maximum atomic E-state index is 13.8. The number of ether oxygens (including phenoxy) is 2. The van der Waals surface area contributed by atoms with E-state index < -0.39 is 23.8 Å². The molecule has 0 spiro atoms. The molecule has 3 aromatic rings. The van der Waals surface area contributed by atoms with Gasteiger partial charge in [0.05, 0.1) is 18.2 Å². The van der Waals surface area contributed by atoms with E-state index >= 15 is 0 Å². The molecule has 3 aromatic carbocycles. The molecule has 0 aliphatic heterocycles. The Hall–Kier alpha value is -3.28. The molecule has 3 rings (SSSR count). The largest absolute Gasteiger partial charge is 0.486 e.